The van der Waals surface area contributed by atoms with Crippen LogP contribution >= 0.6 is 24.0 Å². The Bertz CT molecular complexity index is 738. The van der Waals surface area contributed by atoms with Gasteiger partial charge >= 0.3 is 5.97 Å². The standard InChI is InChI=1S/C24H36O3S2/c1-14-8-9-17-12-18-15(2)19(26-16(3)25)10-11-24(18,6)13-20(27-22(28)29-7)21(14)23(17,4)5/h17-20H,2,8-13H2,1,3-7H3/t17-,18+,19-,20-,24-/m0/s1. The van der Waals surface area contributed by atoms with Crippen LogP contribution in [0.5, 0.6) is 0 Å². The Balaban J connectivity index is 2.03. The van der Waals surface area contributed by atoms with Gasteiger partial charge in [-0.05, 0) is 97.7 Å². The molecular formula is C24H36O3S2. The summed E-state index contributed by atoms with van der Waals surface area (Å²) in [6.07, 6.45) is 8.07. The van der Waals surface area contributed by atoms with Crippen molar-refractivity contribution in [1.82, 2.24) is 0 Å². The molecule has 0 amide bonds. The second-order valence-electron chi connectivity index (χ2n) is 10.1. The molecule has 0 N–H and O–H groups in total. The zero-order valence-electron chi connectivity index (χ0n) is 18.8. The van der Waals surface area contributed by atoms with E-state index in [-0.39, 0.29) is 29.0 Å². The Hall–Kier alpha value is -0.810. The summed E-state index contributed by atoms with van der Waals surface area (Å²) in [5, 5.41) is 0. The fourth-order valence-electron chi connectivity index (χ4n) is 6.34. The van der Waals surface area contributed by atoms with Gasteiger partial charge in [-0.25, -0.2) is 0 Å². The second-order valence-corrected chi connectivity index (χ2v) is 11.5. The highest BCUT2D eigenvalue weighted by Gasteiger charge is 2.52. The lowest BCUT2D eigenvalue weighted by Gasteiger charge is -2.55. The molecule has 0 aromatic heterocycles. The number of thiocarbonyl (C=S) groups is 1. The minimum Gasteiger partial charge on any atom is -0.471 e. The Labute approximate surface area is 186 Å². The van der Waals surface area contributed by atoms with Crippen molar-refractivity contribution in [3.63, 3.8) is 0 Å². The minimum absolute atomic E-state index is 0.0126. The fraction of sp³-hybridized carbons (Fsp3) is 0.750. The molecular weight excluding hydrogens is 400 g/mol. The summed E-state index contributed by atoms with van der Waals surface area (Å²) in [6, 6.07) is 0. The van der Waals surface area contributed by atoms with Gasteiger partial charge in [0.1, 0.15) is 12.2 Å². The van der Waals surface area contributed by atoms with Crippen molar-refractivity contribution in [2.45, 2.75) is 85.4 Å². The zero-order chi connectivity index (χ0) is 21.6. The molecule has 0 heterocycles. The van der Waals surface area contributed by atoms with Crippen LogP contribution in [0.2, 0.25) is 0 Å². The molecule has 3 aliphatic carbocycles. The summed E-state index contributed by atoms with van der Waals surface area (Å²) in [4.78, 5) is 11.6. The van der Waals surface area contributed by atoms with Crippen molar-refractivity contribution in [2.24, 2.45) is 22.7 Å². The first-order valence-corrected chi connectivity index (χ1v) is 12.4. The molecule has 162 valence electrons. The molecule has 2 bridgehead atoms. The Morgan fingerprint density at radius 3 is 2.52 bits per heavy atom. The maximum atomic E-state index is 11.6. The first-order chi connectivity index (χ1) is 13.5. The second kappa shape index (κ2) is 8.37. The number of fused-ring (bicyclic) bond motifs is 3. The largest absolute Gasteiger partial charge is 0.471 e. The molecule has 5 atom stereocenters. The van der Waals surface area contributed by atoms with Crippen molar-refractivity contribution >= 4 is 34.3 Å². The van der Waals surface area contributed by atoms with E-state index in [0.29, 0.717) is 16.2 Å². The van der Waals surface area contributed by atoms with E-state index in [0.717, 1.165) is 37.7 Å². The van der Waals surface area contributed by atoms with Gasteiger partial charge in [-0.3, -0.25) is 4.79 Å². The molecule has 0 unspecified atom stereocenters. The van der Waals surface area contributed by atoms with Gasteiger partial charge in [0.25, 0.3) is 0 Å². The van der Waals surface area contributed by atoms with Gasteiger partial charge in [-0.15, -0.1) is 0 Å². The topological polar surface area (TPSA) is 35.5 Å². The third-order valence-corrected chi connectivity index (χ3v) is 8.96. The summed E-state index contributed by atoms with van der Waals surface area (Å²) in [5.41, 5.74) is 4.19. The molecule has 0 aromatic carbocycles. The number of hydrogen-bond donors (Lipinski definition) is 0. The highest BCUT2D eigenvalue weighted by molar-refractivity contribution is 8.22. The van der Waals surface area contributed by atoms with Gasteiger partial charge in [0.05, 0.1) is 0 Å². The van der Waals surface area contributed by atoms with Crippen LogP contribution in [-0.2, 0) is 14.3 Å². The maximum Gasteiger partial charge on any atom is 0.303 e. The first-order valence-electron chi connectivity index (χ1n) is 10.8. The smallest absolute Gasteiger partial charge is 0.303 e. The van der Waals surface area contributed by atoms with Gasteiger partial charge in [0.15, 0.2) is 0 Å². The van der Waals surface area contributed by atoms with Crippen LogP contribution in [0.1, 0.15) is 73.1 Å². The van der Waals surface area contributed by atoms with E-state index in [1.807, 2.05) is 6.26 Å². The molecule has 0 aromatic rings. The maximum absolute atomic E-state index is 11.6. The highest BCUT2D eigenvalue weighted by atomic mass is 32.2. The lowest BCUT2D eigenvalue weighted by molar-refractivity contribution is -0.147. The average molecular weight is 437 g/mol. The van der Waals surface area contributed by atoms with E-state index in [9.17, 15) is 4.79 Å². The summed E-state index contributed by atoms with van der Waals surface area (Å²) in [5.74, 6) is 0.683. The Morgan fingerprint density at radius 1 is 1.21 bits per heavy atom. The van der Waals surface area contributed by atoms with Crippen LogP contribution in [0, 0.1) is 22.7 Å². The lowest BCUT2D eigenvalue weighted by atomic mass is 9.51. The van der Waals surface area contributed by atoms with Crippen LogP contribution in [0.15, 0.2) is 23.3 Å². The number of rotatable bonds is 2. The van der Waals surface area contributed by atoms with Crippen molar-refractivity contribution in [2.75, 3.05) is 6.26 Å². The number of carbonyl (C=O) groups excluding carboxylic acids is 1. The lowest BCUT2D eigenvalue weighted by Crippen LogP contribution is -2.49. The third-order valence-electron chi connectivity index (χ3n) is 7.93. The van der Waals surface area contributed by atoms with Crippen LogP contribution < -0.4 is 0 Å². The molecule has 2 fully saturated rings. The molecule has 2 saturated carbocycles. The van der Waals surface area contributed by atoms with E-state index in [1.54, 1.807) is 0 Å². The Morgan fingerprint density at radius 2 is 1.90 bits per heavy atom. The van der Waals surface area contributed by atoms with Crippen molar-refractivity contribution in [3.8, 4) is 0 Å². The molecule has 5 heteroatoms. The van der Waals surface area contributed by atoms with E-state index in [1.165, 1.54) is 36.3 Å². The van der Waals surface area contributed by atoms with E-state index in [4.69, 9.17) is 21.7 Å². The minimum atomic E-state index is -0.212. The monoisotopic (exact) mass is 436 g/mol. The molecule has 0 spiro atoms. The van der Waals surface area contributed by atoms with Crippen LogP contribution in [0.4, 0.5) is 0 Å². The van der Waals surface area contributed by atoms with Crippen molar-refractivity contribution in [1.29, 1.82) is 0 Å². The number of esters is 1. The number of allylic oxidation sites excluding steroid dienone is 1. The number of carbonyl (C=O) groups is 1. The van der Waals surface area contributed by atoms with E-state index >= 15 is 0 Å². The molecule has 0 saturated heterocycles. The van der Waals surface area contributed by atoms with Gasteiger partial charge < -0.3 is 9.47 Å². The third kappa shape index (κ3) is 4.32. The molecule has 3 nitrogen and oxygen atoms in total. The molecule has 3 rings (SSSR count). The fourth-order valence-corrected chi connectivity index (χ4v) is 6.67. The summed E-state index contributed by atoms with van der Waals surface area (Å²) < 4.78 is 12.7. The highest BCUT2D eigenvalue weighted by Crippen LogP contribution is 2.59. The van der Waals surface area contributed by atoms with Gasteiger partial charge in [-0.2, -0.15) is 0 Å². The molecule has 0 radical (unpaired) electrons. The number of hydrogen-bond acceptors (Lipinski definition) is 5. The predicted octanol–water partition coefficient (Wildman–Crippen LogP) is 6.47. The SMILES string of the molecule is C=C1[C@@H](OC(C)=O)CC[C@@]2(C)C[C@H](OC(=S)SC)C3=C(C)CC[C@@H](C[C@H]12)C3(C)C. The summed E-state index contributed by atoms with van der Waals surface area (Å²) in [6.45, 7) is 15.4. The van der Waals surface area contributed by atoms with Gasteiger partial charge in [0, 0.05) is 6.92 Å². The number of ether oxygens (including phenoxy) is 2. The average Bonchev–Trinajstić information content (AvgIpc) is 2.61. The summed E-state index contributed by atoms with van der Waals surface area (Å²) >= 11 is 7.00. The zero-order valence-corrected chi connectivity index (χ0v) is 20.4. The van der Waals surface area contributed by atoms with E-state index in [2.05, 4.69) is 34.3 Å². The number of thioether (sulfide) groups is 1. The van der Waals surface area contributed by atoms with Gasteiger partial charge in [0.2, 0.25) is 4.38 Å². The van der Waals surface area contributed by atoms with Gasteiger partial charge in [-0.1, -0.05) is 44.7 Å². The molecule has 3 aliphatic rings. The Kier molecular flexibility index (Phi) is 6.60. The van der Waals surface area contributed by atoms with Crippen LogP contribution in [0.3, 0.4) is 0 Å². The van der Waals surface area contributed by atoms with Crippen LogP contribution in [-0.4, -0.2) is 28.8 Å². The van der Waals surface area contributed by atoms with E-state index < -0.39 is 0 Å². The first kappa shape index (κ1) is 22.9. The predicted molar refractivity (Wildman–Crippen MR) is 125 cm³/mol. The quantitative estimate of drug-likeness (QED) is 0.282. The summed E-state index contributed by atoms with van der Waals surface area (Å²) in [7, 11) is 0. The normalized spacial score (nSPS) is 36.6. The molecule has 0 aliphatic heterocycles. The van der Waals surface area contributed by atoms with Crippen LogP contribution in [0.25, 0.3) is 0 Å². The van der Waals surface area contributed by atoms with Crippen molar-refractivity contribution in [3.05, 3.63) is 23.3 Å². The van der Waals surface area contributed by atoms with Crippen molar-refractivity contribution < 1.29 is 14.3 Å². The molecule has 29 heavy (non-hydrogen) atoms.